The molecule has 0 aromatic heterocycles. The van der Waals surface area contributed by atoms with E-state index in [4.69, 9.17) is 4.74 Å². The minimum absolute atomic E-state index is 0.0455. The quantitative estimate of drug-likeness (QED) is 0.313. The van der Waals surface area contributed by atoms with E-state index in [0.717, 1.165) is 44.9 Å². The number of carbonyl (C=O) groups excluding carboxylic acids is 1. The lowest BCUT2D eigenvalue weighted by atomic mass is 9.33. The number of aliphatic carboxylic acids is 1. The Bertz CT molecular complexity index is 981. The molecule has 202 valence electrons. The molecule has 0 spiro atoms. The highest BCUT2D eigenvalue weighted by atomic mass is 16.5. The topological polar surface area (TPSA) is 63.6 Å². The van der Waals surface area contributed by atoms with Gasteiger partial charge >= 0.3 is 11.9 Å². The van der Waals surface area contributed by atoms with E-state index in [-0.39, 0.29) is 33.7 Å². The Morgan fingerprint density at radius 1 is 0.917 bits per heavy atom. The van der Waals surface area contributed by atoms with Crippen LogP contribution >= 0.6 is 0 Å². The summed E-state index contributed by atoms with van der Waals surface area (Å²) in [7, 11) is 0. The molecule has 5 aliphatic carbocycles. The number of hydrogen-bond acceptors (Lipinski definition) is 3. The van der Waals surface area contributed by atoms with Crippen LogP contribution in [0.1, 0.15) is 113 Å². The van der Waals surface area contributed by atoms with E-state index in [0.29, 0.717) is 29.6 Å². The summed E-state index contributed by atoms with van der Waals surface area (Å²) in [6.45, 7) is 18.2. The number of carboxylic acid groups (broad SMARTS) is 1. The first-order chi connectivity index (χ1) is 16.6. The maximum Gasteiger partial charge on any atom is 0.314 e. The summed E-state index contributed by atoms with van der Waals surface area (Å²) in [6, 6.07) is 0. The molecule has 36 heavy (non-hydrogen) atoms. The number of hydrogen-bond donors (Lipinski definition) is 1. The van der Waals surface area contributed by atoms with Gasteiger partial charge in [0.15, 0.2) is 0 Å². The van der Waals surface area contributed by atoms with Crippen LogP contribution in [0, 0.1) is 56.7 Å². The summed E-state index contributed by atoms with van der Waals surface area (Å²) in [6.07, 6.45) is 11.5. The van der Waals surface area contributed by atoms with Crippen LogP contribution in [0.15, 0.2) is 11.6 Å². The van der Waals surface area contributed by atoms with E-state index in [1.807, 2.05) is 0 Å². The first-order valence-electron chi connectivity index (χ1n) is 14.8. The molecule has 0 bridgehead atoms. The second kappa shape index (κ2) is 8.09. The van der Waals surface area contributed by atoms with Gasteiger partial charge in [-0.25, -0.2) is 0 Å². The van der Waals surface area contributed by atoms with Gasteiger partial charge in [0, 0.05) is 12.3 Å². The molecule has 4 saturated carbocycles. The summed E-state index contributed by atoms with van der Waals surface area (Å²) in [5.74, 6) is 1.55. The summed E-state index contributed by atoms with van der Waals surface area (Å²) in [4.78, 5) is 25.5. The van der Waals surface area contributed by atoms with E-state index in [1.165, 1.54) is 25.3 Å². The van der Waals surface area contributed by atoms with Gasteiger partial charge in [-0.15, -0.1) is 0 Å². The van der Waals surface area contributed by atoms with Gasteiger partial charge in [0.25, 0.3) is 0 Å². The Labute approximate surface area is 219 Å². The summed E-state index contributed by atoms with van der Waals surface area (Å²) in [5.41, 5.74) is 0.459. The molecule has 0 amide bonds. The fourth-order valence-electron chi connectivity index (χ4n) is 11.4. The molecule has 0 aliphatic heterocycles. The molecule has 4 nitrogen and oxygen atoms in total. The van der Waals surface area contributed by atoms with Crippen LogP contribution in [-0.2, 0) is 14.3 Å². The molecule has 5 aliphatic rings. The van der Waals surface area contributed by atoms with Crippen molar-refractivity contribution >= 4 is 11.9 Å². The zero-order valence-corrected chi connectivity index (χ0v) is 24.1. The van der Waals surface area contributed by atoms with Gasteiger partial charge in [0.05, 0.1) is 5.41 Å². The fraction of sp³-hybridized carbons (Fsp3) is 0.875. The molecule has 10 atom stereocenters. The molecular formula is C32H50O4. The Hall–Kier alpha value is -1.32. The molecule has 0 aromatic rings. The highest BCUT2D eigenvalue weighted by Crippen LogP contribution is 2.76. The minimum Gasteiger partial charge on any atom is -0.481 e. The van der Waals surface area contributed by atoms with Crippen LogP contribution in [-0.4, -0.2) is 23.1 Å². The second-order valence-corrected chi connectivity index (χ2v) is 15.1. The van der Waals surface area contributed by atoms with Crippen molar-refractivity contribution in [1.29, 1.82) is 0 Å². The maximum absolute atomic E-state index is 13.6. The molecule has 0 radical (unpaired) electrons. The minimum atomic E-state index is -0.754. The average molecular weight is 499 g/mol. The number of fused-ring (bicyclic) bond motifs is 7. The van der Waals surface area contributed by atoms with Gasteiger partial charge in [-0.1, -0.05) is 60.1 Å². The monoisotopic (exact) mass is 498 g/mol. The van der Waals surface area contributed by atoms with Crippen LogP contribution < -0.4 is 0 Å². The zero-order chi connectivity index (χ0) is 26.5. The Kier molecular flexibility index (Phi) is 5.91. The highest BCUT2D eigenvalue weighted by molar-refractivity contribution is 5.81. The largest absolute Gasteiger partial charge is 0.481 e. The number of ether oxygens (including phenoxy) is 1. The molecule has 1 N–H and O–H groups in total. The number of rotatable bonds is 2. The van der Waals surface area contributed by atoms with Crippen LogP contribution in [0.5, 0.6) is 0 Å². The van der Waals surface area contributed by atoms with Gasteiger partial charge < -0.3 is 9.84 Å². The van der Waals surface area contributed by atoms with Crippen LogP contribution in [0.2, 0.25) is 0 Å². The van der Waals surface area contributed by atoms with Gasteiger partial charge in [-0.2, -0.15) is 0 Å². The van der Waals surface area contributed by atoms with Gasteiger partial charge in [-0.05, 0) is 104 Å². The van der Waals surface area contributed by atoms with Crippen LogP contribution in [0.3, 0.4) is 0 Å². The first-order valence-corrected chi connectivity index (χ1v) is 14.8. The van der Waals surface area contributed by atoms with Gasteiger partial charge in [-0.3, -0.25) is 9.59 Å². The Morgan fingerprint density at radius 2 is 1.61 bits per heavy atom. The maximum atomic E-state index is 13.6. The Balaban J connectivity index is 1.60. The lowest BCUT2D eigenvalue weighted by molar-refractivity contribution is -0.220. The number of esters is 1. The molecular weight excluding hydrogens is 448 g/mol. The summed E-state index contributed by atoms with van der Waals surface area (Å²) >= 11 is 0. The lowest BCUT2D eigenvalue weighted by Gasteiger charge is -2.70. The van der Waals surface area contributed by atoms with Crippen LogP contribution in [0.25, 0.3) is 0 Å². The van der Waals surface area contributed by atoms with Crippen LogP contribution in [0.4, 0.5) is 0 Å². The van der Waals surface area contributed by atoms with Crippen molar-refractivity contribution in [2.75, 3.05) is 0 Å². The fourth-order valence-corrected chi connectivity index (χ4v) is 11.4. The predicted molar refractivity (Wildman–Crippen MR) is 142 cm³/mol. The normalized spacial score (nSPS) is 51.5. The summed E-state index contributed by atoms with van der Waals surface area (Å²) < 4.78 is 5.85. The second-order valence-electron chi connectivity index (χ2n) is 15.1. The molecule has 4 heteroatoms. The van der Waals surface area contributed by atoms with E-state index >= 15 is 0 Å². The number of allylic oxidation sites excluding steroid dienone is 1. The van der Waals surface area contributed by atoms with E-state index in [2.05, 4.69) is 54.5 Å². The van der Waals surface area contributed by atoms with Crippen molar-refractivity contribution in [1.82, 2.24) is 0 Å². The molecule has 5 rings (SSSR count). The summed E-state index contributed by atoms with van der Waals surface area (Å²) in [5, 5.41) is 11.2. The van der Waals surface area contributed by atoms with E-state index < -0.39 is 11.4 Å². The van der Waals surface area contributed by atoms with Crippen molar-refractivity contribution in [3.8, 4) is 0 Å². The van der Waals surface area contributed by atoms with Crippen molar-refractivity contribution in [2.45, 2.75) is 119 Å². The van der Waals surface area contributed by atoms with Crippen molar-refractivity contribution in [3.05, 3.63) is 11.6 Å². The predicted octanol–water partition coefficient (Wildman–Crippen LogP) is 7.66. The standard InChI is InChI=1S/C32H50O4/c1-19-11-14-29(6)17-18-32(27(34)35)22(26(29)20(19)2)9-10-24-30(7)15-13-25(36-21(3)33)28(4,5)23(30)12-16-31(24,32)8/h9,19-20,23-26H,10-18H2,1-8H3,(H,34,35)/t19-,20+,23?,24?,25-,26?,29-,30+,31-,32-/m1/s1. The van der Waals surface area contributed by atoms with Gasteiger partial charge in [0.1, 0.15) is 6.10 Å². The molecule has 0 saturated heterocycles. The highest BCUT2D eigenvalue weighted by Gasteiger charge is 2.72. The SMILES string of the molecule is CC(=O)O[C@@H]1CC[C@@]2(C)C(CC[C@]3(C)C2CC=C2C4[C@@H](C)[C@H](C)CC[C@]4(C)CC[C@]23C(=O)O)C1(C)C. The lowest BCUT2D eigenvalue weighted by Crippen LogP contribution is -2.67. The Morgan fingerprint density at radius 3 is 2.25 bits per heavy atom. The van der Waals surface area contributed by atoms with Crippen molar-refractivity contribution in [2.24, 2.45) is 56.7 Å². The van der Waals surface area contributed by atoms with E-state index in [1.54, 1.807) is 0 Å². The average Bonchev–Trinajstić information content (AvgIpc) is 2.77. The molecule has 0 heterocycles. The molecule has 4 fully saturated rings. The smallest absolute Gasteiger partial charge is 0.314 e. The van der Waals surface area contributed by atoms with Crippen molar-refractivity contribution in [3.63, 3.8) is 0 Å². The van der Waals surface area contributed by atoms with E-state index in [9.17, 15) is 14.7 Å². The molecule has 0 aromatic carbocycles. The van der Waals surface area contributed by atoms with Crippen molar-refractivity contribution < 1.29 is 19.4 Å². The number of carboxylic acids is 1. The third-order valence-corrected chi connectivity index (χ3v) is 13.5. The third kappa shape index (κ3) is 3.17. The third-order valence-electron chi connectivity index (χ3n) is 13.5. The molecule has 3 unspecified atom stereocenters. The number of carbonyl (C=O) groups is 2. The van der Waals surface area contributed by atoms with Gasteiger partial charge in [0.2, 0.25) is 0 Å². The first kappa shape index (κ1) is 26.3. The zero-order valence-electron chi connectivity index (χ0n) is 24.1.